The first kappa shape index (κ1) is 8.68. The quantitative estimate of drug-likeness (QED) is 0.623. The maximum Gasteiger partial charge on any atom is 0.0582 e. The Kier molecular flexibility index (Phi) is 3.02. The Morgan fingerprint density at radius 1 is 1.73 bits per heavy atom. The maximum atomic E-state index is 8.88. The van der Waals surface area contributed by atoms with E-state index in [4.69, 9.17) is 15.3 Å². The minimum Gasteiger partial charge on any atom is -0.396 e. The van der Waals surface area contributed by atoms with Crippen LogP contribution in [0.3, 0.4) is 0 Å². The predicted octanol–water partition coefficient (Wildman–Crippen LogP) is 0.814. The van der Waals surface area contributed by atoms with Gasteiger partial charge in [0.15, 0.2) is 0 Å². The van der Waals surface area contributed by atoms with Crippen LogP contribution in [0, 0.1) is 11.3 Å². The minimum atomic E-state index is 0.0497. The topological polar surface area (TPSA) is 53.3 Å². The number of aliphatic hydroxyl groups excluding tert-OH is 1. The van der Waals surface area contributed by atoms with Crippen molar-refractivity contribution in [3.8, 4) is 0 Å². The van der Waals surface area contributed by atoms with Crippen molar-refractivity contribution in [3.05, 3.63) is 0 Å². The van der Waals surface area contributed by atoms with Crippen molar-refractivity contribution in [3.63, 3.8) is 0 Å². The number of aliphatic hydroxyl groups is 1. The molecule has 0 aliphatic heterocycles. The zero-order chi connectivity index (χ0) is 8.27. The van der Waals surface area contributed by atoms with Crippen LogP contribution in [-0.2, 0) is 4.74 Å². The molecule has 0 aromatic heterocycles. The Bertz CT molecular complexity index is 147. The molecule has 1 aliphatic carbocycles. The smallest absolute Gasteiger partial charge is 0.0582 e. The summed E-state index contributed by atoms with van der Waals surface area (Å²) in [5.41, 5.74) is 0.681. The summed E-state index contributed by atoms with van der Waals surface area (Å²) in [7, 11) is 1.69. The van der Waals surface area contributed by atoms with Crippen LogP contribution in [0.15, 0.2) is 0 Å². The average Bonchev–Trinajstić information content (AvgIpc) is 2.05. The van der Waals surface area contributed by atoms with Crippen LogP contribution in [0.4, 0.5) is 0 Å². The van der Waals surface area contributed by atoms with Gasteiger partial charge in [0.2, 0.25) is 0 Å². The zero-order valence-electron chi connectivity index (χ0n) is 6.84. The lowest BCUT2D eigenvalue weighted by Gasteiger charge is -2.27. The summed E-state index contributed by atoms with van der Waals surface area (Å²) < 4.78 is 5.16. The van der Waals surface area contributed by atoms with Gasteiger partial charge in [-0.15, -0.1) is 0 Å². The van der Waals surface area contributed by atoms with Crippen molar-refractivity contribution in [2.75, 3.05) is 13.7 Å². The molecule has 0 amide bonds. The monoisotopic (exact) mass is 157 g/mol. The zero-order valence-corrected chi connectivity index (χ0v) is 6.84. The number of hydrogen-bond acceptors (Lipinski definition) is 3. The summed E-state index contributed by atoms with van der Waals surface area (Å²) in [6, 6.07) is 0. The molecule has 64 valence electrons. The maximum absolute atomic E-state index is 8.88. The minimum absolute atomic E-state index is 0.0497. The summed E-state index contributed by atoms with van der Waals surface area (Å²) in [4.78, 5) is 0. The third kappa shape index (κ3) is 2.01. The first-order valence-electron chi connectivity index (χ1n) is 3.99. The molecule has 0 aromatic carbocycles. The molecule has 2 unspecified atom stereocenters. The van der Waals surface area contributed by atoms with Gasteiger partial charge in [0, 0.05) is 18.7 Å². The molecule has 1 fully saturated rings. The fraction of sp³-hybridized carbons (Fsp3) is 0.875. The predicted molar refractivity (Wildman–Crippen MR) is 43.0 cm³/mol. The van der Waals surface area contributed by atoms with Crippen molar-refractivity contribution in [1.82, 2.24) is 0 Å². The summed E-state index contributed by atoms with van der Waals surface area (Å²) in [5, 5.41) is 16.4. The molecule has 0 bridgehead atoms. The summed E-state index contributed by atoms with van der Waals surface area (Å²) in [6.07, 6.45) is 2.78. The Balaban J connectivity index is 2.44. The molecule has 2 atom stereocenters. The van der Waals surface area contributed by atoms with Gasteiger partial charge in [0.25, 0.3) is 0 Å². The lowest BCUT2D eigenvalue weighted by atomic mass is 9.86. The van der Waals surface area contributed by atoms with Crippen LogP contribution < -0.4 is 0 Å². The van der Waals surface area contributed by atoms with Crippen molar-refractivity contribution >= 4 is 5.71 Å². The van der Waals surface area contributed by atoms with Gasteiger partial charge in [0.1, 0.15) is 0 Å². The molecule has 0 spiro atoms. The van der Waals surface area contributed by atoms with E-state index < -0.39 is 0 Å². The van der Waals surface area contributed by atoms with Crippen LogP contribution in [0.2, 0.25) is 0 Å². The van der Waals surface area contributed by atoms with Crippen LogP contribution in [-0.4, -0.2) is 30.6 Å². The molecule has 2 N–H and O–H groups in total. The van der Waals surface area contributed by atoms with Gasteiger partial charge in [-0.3, -0.25) is 0 Å². The first-order valence-corrected chi connectivity index (χ1v) is 3.99. The molecule has 11 heavy (non-hydrogen) atoms. The van der Waals surface area contributed by atoms with E-state index in [9.17, 15) is 0 Å². The fourth-order valence-electron chi connectivity index (χ4n) is 1.50. The molecule has 1 saturated carbocycles. The largest absolute Gasteiger partial charge is 0.396 e. The molecule has 0 aromatic rings. The van der Waals surface area contributed by atoms with Crippen LogP contribution >= 0.6 is 0 Å². The summed E-state index contributed by atoms with van der Waals surface area (Å²) in [5.74, 6) is 0.0497. The third-order valence-electron chi connectivity index (χ3n) is 2.33. The number of hydrogen-bond donors (Lipinski definition) is 2. The van der Waals surface area contributed by atoms with E-state index in [1.807, 2.05) is 0 Å². The van der Waals surface area contributed by atoms with Crippen LogP contribution in [0.25, 0.3) is 0 Å². The van der Waals surface area contributed by atoms with Gasteiger partial charge >= 0.3 is 0 Å². The SMILES string of the molecule is COC1CCC(=N)C(CO)C1. The highest BCUT2D eigenvalue weighted by Crippen LogP contribution is 2.22. The van der Waals surface area contributed by atoms with Crippen molar-refractivity contribution in [1.29, 1.82) is 5.41 Å². The Labute approximate surface area is 66.9 Å². The molecule has 0 radical (unpaired) electrons. The lowest BCUT2D eigenvalue weighted by Crippen LogP contribution is -2.30. The van der Waals surface area contributed by atoms with Crippen molar-refractivity contribution in [2.45, 2.75) is 25.4 Å². The van der Waals surface area contributed by atoms with E-state index >= 15 is 0 Å². The van der Waals surface area contributed by atoms with Gasteiger partial charge in [-0.25, -0.2) is 0 Å². The molecule has 0 heterocycles. The Morgan fingerprint density at radius 3 is 3.00 bits per heavy atom. The first-order chi connectivity index (χ1) is 5.27. The average molecular weight is 157 g/mol. The normalized spacial score (nSPS) is 32.4. The van der Waals surface area contributed by atoms with Gasteiger partial charge < -0.3 is 15.3 Å². The van der Waals surface area contributed by atoms with E-state index in [1.54, 1.807) is 7.11 Å². The van der Waals surface area contributed by atoms with E-state index in [-0.39, 0.29) is 18.6 Å². The molecular weight excluding hydrogens is 142 g/mol. The Morgan fingerprint density at radius 2 is 2.45 bits per heavy atom. The molecule has 0 saturated heterocycles. The molecule has 3 heteroatoms. The van der Waals surface area contributed by atoms with E-state index in [0.717, 1.165) is 19.3 Å². The van der Waals surface area contributed by atoms with Gasteiger partial charge in [-0.05, 0) is 19.3 Å². The summed E-state index contributed by atoms with van der Waals surface area (Å²) in [6.45, 7) is 0.0959. The number of rotatable bonds is 2. The lowest BCUT2D eigenvalue weighted by molar-refractivity contribution is 0.0650. The molecule has 1 rings (SSSR count). The van der Waals surface area contributed by atoms with Gasteiger partial charge in [-0.1, -0.05) is 0 Å². The number of ether oxygens (including phenoxy) is 1. The number of nitrogens with one attached hydrogen (secondary N) is 1. The van der Waals surface area contributed by atoms with E-state index in [0.29, 0.717) is 5.71 Å². The van der Waals surface area contributed by atoms with Crippen LogP contribution in [0.5, 0.6) is 0 Å². The Hall–Kier alpha value is -0.410. The highest BCUT2D eigenvalue weighted by molar-refractivity contribution is 5.84. The van der Waals surface area contributed by atoms with Gasteiger partial charge in [0.05, 0.1) is 12.7 Å². The molecular formula is C8H15NO2. The highest BCUT2D eigenvalue weighted by atomic mass is 16.5. The third-order valence-corrected chi connectivity index (χ3v) is 2.33. The second-order valence-corrected chi connectivity index (χ2v) is 3.04. The van der Waals surface area contributed by atoms with E-state index in [2.05, 4.69) is 0 Å². The second-order valence-electron chi connectivity index (χ2n) is 3.04. The van der Waals surface area contributed by atoms with Crippen molar-refractivity contribution < 1.29 is 9.84 Å². The molecule has 1 aliphatic rings. The fourth-order valence-corrected chi connectivity index (χ4v) is 1.50. The van der Waals surface area contributed by atoms with Crippen molar-refractivity contribution in [2.24, 2.45) is 5.92 Å². The molecule has 3 nitrogen and oxygen atoms in total. The highest BCUT2D eigenvalue weighted by Gasteiger charge is 2.24. The van der Waals surface area contributed by atoms with Crippen LogP contribution in [0.1, 0.15) is 19.3 Å². The second kappa shape index (κ2) is 3.83. The number of methoxy groups -OCH3 is 1. The van der Waals surface area contributed by atoms with Gasteiger partial charge in [-0.2, -0.15) is 0 Å². The standard InChI is InChI=1S/C8H15NO2/c1-11-7-2-3-8(9)6(4-7)5-10/h6-7,9-10H,2-5H2,1H3. The van der Waals surface area contributed by atoms with E-state index in [1.165, 1.54) is 0 Å². The summed E-state index contributed by atoms with van der Waals surface area (Å²) >= 11 is 0.